The lowest BCUT2D eigenvalue weighted by Gasteiger charge is -2.19. The molecule has 0 aliphatic carbocycles. The molecule has 2 amide bonds. The van der Waals surface area contributed by atoms with Crippen LogP contribution < -0.4 is 16.0 Å². The summed E-state index contributed by atoms with van der Waals surface area (Å²) in [5, 5.41) is 8.94. The van der Waals surface area contributed by atoms with E-state index in [-0.39, 0.29) is 23.7 Å². The van der Waals surface area contributed by atoms with E-state index in [0.29, 0.717) is 18.7 Å². The number of hydrogen-bond acceptors (Lipinski definition) is 3. The SMILES string of the molecule is CC(C)(C)c1ccc(C(=O)NCCC(=O)NCC2=CCNCC2)cc1. The summed E-state index contributed by atoms with van der Waals surface area (Å²) in [6, 6.07) is 7.63. The molecule has 1 aromatic carbocycles. The standard InChI is InChI=1S/C20H29N3O2/c1-20(2,3)17-6-4-16(5-7-17)19(25)22-13-10-18(24)23-14-15-8-11-21-12-9-15/h4-8,21H,9-14H2,1-3H3,(H,22,25)(H,23,24). The molecule has 1 aliphatic rings. The second kappa shape index (κ2) is 8.81. The molecule has 0 spiro atoms. The number of carbonyl (C=O) groups is 2. The molecule has 136 valence electrons. The molecular formula is C20H29N3O2. The van der Waals surface area contributed by atoms with Gasteiger partial charge in [-0.1, -0.05) is 44.6 Å². The van der Waals surface area contributed by atoms with Crippen molar-refractivity contribution in [3.63, 3.8) is 0 Å². The first-order valence-corrected chi connectivity index (χ1v) is 8.90. The van der Waals surface area contributed by atoms with Gasteiger partial charge in [-0.2, -0.15) is 0 Å². The third kappa shape index (κ3) is 6.35. The fourth-order valence-electron chi connectivity index (χ4n) is 2.64. The lowest BCUT2D eigenvalue weighted by Crippen LogP contribution is -2.33. The number of carbonyl (C=O) groups excluding carboxylic acids is 2. The molecule has 5 heteroatoms. The minimum Gasteiger partial charge on any atom is -0.352 e. The summed E-state index contributed by atoms with van der Waals surface area (Å²) in [4.78, 5) is 24.0. The van der Waals surface area contributed by atoms with Gasteiger partial charge in [0.25, 0.3) is 5.91 Å². The lowest BCUT2D eigenvalue weighted by atomic mass is 9.87. The molecule has 0 atom stereocenters. The highest BCUT2D eigenvalue weighted by atomic mass is 16.2. The van der Waals surface area contributed by atoms with Crippen molar-refractivity contribution < 1.29 is 9.59 Å². The van der Waals surface area contributed by atoms with E-state index < -0.39 is 0 Å². The summed E-state index contributed by atoms with van der Waals surface area (Å²) >= 11 is 0. The van der Waals surface area contributed by atoms with E-state index in [2.05, 4.69) is 42.8 Å². The molecule has 1 heterocycles. The van der Waals surface area contributed by atoms with Crippen LogP contribution >= 0.6 is 0 Å². The van der Waals surface area contributed by atoms with E-state index in [1.165, 1.54) is 11.1 Å². The Bertz CT molecular complexity index is 627. The Balaban J connectivity index is 1.70. The van der Waals surface area contributed by atoms with Crippen LogP contribution in [0.4, 0.5) is 0 Å². The summed E-state index contributed by atoms with van der Waals surface area (Å²) in [6.45, 7) is 9.19. The molecule has 0 aromatic heterocycles. The first kappa shape index (κ1) is 19.2. The second-order valence-corrected chi connectivity index (χ2v) is 7.43. The minimum atomic E-state index is -0.144. The third-order valence-corrected chi connectivity index (χ3v) is 4.32. The van der Waals surface area contributed by atoms with Gasteiger partial charge in [0.1, 0.15) is 0 Å². The van der Waals surface area contributed by atoms with Gasteiger partial charge in [-0.15, -0.1) is 0 Å². The maximum Gasteiger partial charge on any atom is 0.251 e. The van der Waals surface area contributed by atoms with Crippen LogP contribution in [0, 0.1) is 0 Å². The minimum absolute atomic E-state index is 0.0391. The molecule has 0 saturated heterocycles. The monoisotopic (exact) mass is 343 g/mol. The zero-order valence-corrected chi connectivity index (χ0v) is 15.4. The Morgan fingerprint density at radius 1 is 1.12 bits per heavy atom. The zero-order chi connectivity index (χ0) is 18.3. The van der Waals surface area contributed by atoms with Crippen molar-refractivity contribution in [1.29, 1.82) is 0 Å². The highest BCUT2D eigenvalue weighted by Gasteiger charge is 2.14. The molecule has 0 fully saturated rings. The summed E-state index contributed by atoms with van der Waals surface area (Å²) in [5.41, 5.74) is 3.13. The van der Waals surface area contributed by atoms with Gasteiger partial charge in [-0.3, -0.25) is 9.59 Å². The highest BCUT2D eigenvalue weighted by molar-refractivity contribution is 5.94. The van der Waals surface area contributed by atoms with E-state index in [1.54, 1.807) is 0 Å². The van der Waals surface area contributed by atoms with Gasteiger partial charge in [0.2, 0.25) is 5.91 Å². The molecule has 5 nitrogen and oxygen atoms in total. The van der Waals surface area contributed by atoms with Crippen LogP contribution in [0.2, 0.25) is 0 Å². The molecule has 1 aromatic rings. The number of rotatable bonds is 6. The van der Waals surface area contributed by atoms with Crippen molar-refractivity contribution in [2.45, 2.75) is 39.0 Å². The van der Waals surface area contributed by atoms with Crippen molar-refractivity contribution in [3.05, 3.63) is 47.0 Å². The third-order valence-electron chi connectivity index (χ3n) is 4.32. The molecule has 0 radical (unpaired) electrons. The van der Waals surface area contributed by atoms with Gasteiger partial charge in [0.05, 0.1) is 0 Å². The van der Waals surface area contributed by atoms with Crippen molar-refractivity contribution >= 4 is 11.8 Å². The smallest absolute Gasteiger partial charge is 0.251 e. The van der Waals surface area contributed by atoms with Crippen LogP contribution in [0.5, 0.6) is 0 Å². The predicted molar refractivity (Wildman–Crippen MR) is 101 cm³/mol. The maximum atomic E-state index is 12.1. The molecule has 25 heavy (non-hydrogen) atoms. The topological polar surface area (TPSA) is 70.2 Å². The molecule has 2 rings (SSSR count). The van der Waals surface area contributed by atoms with Crippen LogP contribution in [0.1, 0.15) is 49.5 Å². The first-order valence-electron chi connectivity index (χ1n) is 8.90. The highest BCUT2D eigenvalue weighted by Crippen LogP contribution is 2.22. The van der Waals surface area contributed by atoms with Crippen molar-refractivity contribution in [1.82, 2.24) is 16.0 Å². The van der Waals surface area contributed by atoms with Gasteiger partial charge in [0, 0.05) is 31.6 Å². The van der Waals surface area contributed by atoms with E-state index in [0.717, 1.165) is 19.5 Å². The normalized spacial score (nSPS) is 14.6. The van der Waals surface area contributed by atoms with Crippen LogP contribution in [-0.4, -0.2) is 38.0 Å². The molecule has 0 saturated carbocycles. The quantitative estimate of drug-likeness (QED) is 0.693. The molecule has 3 N–H and O–H groups in total. The van der Waals surface area contributed by atoms with E-state index in [1.807, 2.05) is 24.3 Å². The fraction of sp³-hybridized carbons (Fsp3) is 0.500. The van der Waals surface area contributed by atoms with Crippen LogP contribution in [-0.2, 0) is 10.2 Å². The van der Waals surface area contributed by atoms with Crippen molar-refractivity contribution in [2.75, 3.05) is 26.2 Å². The Labute approximate surface area is 150 Å². The van der Waals surface area contributed by atoms with E-state index in [4.69, 9.17) is 0 Å². The Hall–Kier alpha value is -2.14. The number of amides is 2. The molecule has 0 bridgehead atoms. The van der Waals surface area contributed by atoms with Gasteiger partial charge in [-0.25, -0.2) is 0 Å². The molecule has 1 aliphatic heterocycles. The van der Waals surface area contributed by atoms with Crippen LogP contribution in [0.25, 0.3) is 0 Å². The van der Waals surface area contributed by atoms with E-state index >= 15 is 0 Å². The Kier molecular flexibility index (Phi) is 6.76. The fourth-order valence-corrected chi connectivity index (χ4v) is 2.64. The van der Waals surface area contributed by atoms with Crippen molar-refractivity contribution in [2.24, 2.45) is 0 Å². The molecular weight excluding hydrogens is 314 g/mol. The predicted octanol–water partition coefficient (Wildman–Crippen LogP) is 2.14. The average molecular weight is 343 g/mol. The average Bonchev–Trinajstić information content (AvgIpc) is 2.60. The lowest BCUT2D eigenvalue weighted by molar-refractivity contribution is -0.120. The van der Waals surface area contributed by atoms with E-state index in [9.17, 15) is 9.59 Å². The Morgan fingerprint density at radius 3 is 2.44 bits per heavy atom. The van der Waals surface area contributed by atoms with Gasteiger partial charge in [0.15, 0.2) is 0 Å². The summed E-state index contributed by atoms with van der Waals surface area (Å²) in [6.07, 6.45) is 3.38. The largest absolute Gasteiger partial charge is 0.352 e. The number of nitrogens with one attached hydrogen (secondary N) is 3. The zero-order valence-electron chi connectivity index (χ0n) is 15.4. The van der Waals surface area contributed by atoms with Gasteiger partial charge < -0.3 is 16.0 Å². The van der Waals surface area contributed by atoms with Gasteiger partial charge in [-0.05, 0) is 36.1 Å². The maximum absolute atomic E-state index is 12.1. The number of benzene rings is 1. The number of hydrogen-bond donors (Lipinski definition) is 3. The Morgan fingerprint density at radius 2 is 1.84 bits per heavy atom. The van der Waals surface area contributed by atoms with Crippen LogP contribution in [0.3, 0.4) is 0 Å². The second-order valence-electron chi connectivity index (χ2n) is 7.43. The summed E-state index contributed by atoms with van der Waals surface area (Å²) in [5.74, 6) is -0.183. The first-order chi connectivity index (χ1) is 11.9. The van der Waals surface area contributed by atoms with Crippen molar-refractivity contribution in [3.8, 4) is 0 Å². The molecule has 0 unspecified atom stereocenters. The summed E-state index contributed by atoms with van der Waals surface area (Å²) in [7, 11) is 0. The summed E-state index contributed by atoms with van der Waals surface area (Å²) < 4.78 is 0. The van der Waals surface area contributed by atoms with Gasteiger partial charge >= 0.3 is 0 Å². The van der Waals surface area contributed by atoms with Crippen LogP contribution in [0.15, 0.2) is 35.9 Å².